The Morgan fingerprint density at radius 3 is 2.71 bits per heavy atom. The van der Waals surface area contributed by atoms with E-state index < -0.39 is 0 Å². The fourth-order valence-corrected chi connectivity index (χ4v) is 2.97. The maximum Gasteiger partial charge on any atom is 0.224 e. The van der Waals surface area contributed by atoms with E-state index in [4.69, 9.17) is 4.42 Å². The lowest BCUT2D eigenvalue weighted by Crippen LogP contribution is -2.20. The number of furan rings is 1. The highest BCUT2D eigenvalue weighted by molar-refractivity contribution is 6.06. The first-order valence-corrected chi connectivity index (χ1v) is 7.51. The molecule has 1 fully saturated rings. The largest absolute Gasteiger partial charge is 0.456 e. The Morgan fingerprint density at radius 2 is 1.90 bits per heavy atom. The van der Waals surface area contributed by atoms with Crippen LogP contribution in [-0.2, 0) is 4.79 Å². The second-order valence-electron chi connectivity index (χ2n) is 5.86. The zero-order valence-corrected chi connectivity index (χ0v) is 11.8. The normalized spacial score (nSPS) is 15.2. The Labute approximate surface area is 122 Å². The summed E-state index contributed by atoms with van der Waals surface area (Å²) >= 11 is 0. The van der Waals surface area contributed by atoms with Crippen molar-refractivity contribution in [2.45, 2.75) is 25.7 Å². The number of rotatable bonds is 3. The van der Waals surface area contributed by atoms with Gasteiger partial charge in [0, 0.05) is 28.9 Å². The molecule has 0 spiro atoms. The first-order chi connectivity index (χ1) is 10.3. The third-order valence-corrected chi connectivity index (χ3v) is 4.36. The van der Waals surface area contributed by atoms with Gasteiger partial charge in [-0.15, -0.1) is 0 Å². The van der Waals surface area contributed by atoms with Gasteiger partial charge in [0.1, 0.15) is 11.2 Å². The van der Waals surface area contributed by atoms with Crippen molar-refractivity contribution >= 4 is 33.5 Å². The van der Waals surface area contributed by atoms with Gasteiger partial charge in [-0.1, -0.05) is 24.6 Å². The Balaban J connectivity index is 1.61. The number of anilines is 1. The molecule has 0 radical (unpaired) electrons. The molecule has 0 bridgehead atoms. The van der Waals surface area contributed by atoms with Crippen molar-refractivity contribution in [3.05, 3.63) is 42.5 Å². The van der Waals surface area contributed by atoms with Crippen LogP contribution in [0.25, 0.3) is 21.9 Å². The van der Waals surface area contributed by atoms with Crippen LogP contribution in [-0.4, -0.2) is 5.91 Å². The number of para-hydroxylation sites is 1. The lowest BCUT2D eigenvalue weighted by Gasteiger charge is -2.24. The van der Waals surface area contributed by atoms with Crippen molar-refractivity contribution in [3.63, 3.8) is 0 Å². The molecule has 0 saturated heterocycles. The van der Waals surface area contributed by atoms with E-state index in [0.29, 0.717) is 12.3 Å². The summed E-state index contributed by atoms with van der Waals surface area (Å²) in [5.74, 6) is 0.690. The van der Waals surface area contributed by atoms with E-state index >= 15 is 0 Å². The van der Waals surface area contributed by atoms with Gasteiger partial charge in [-0.3, -0.25) is 4.79 Å². The van der Waals surface area contributed by atoms with Gasteiger partial charge in [-0.05, 0) is 37.0 Å². The van der Waals surface area contributed by atoms with Gasteiger partial charge < -0.3 is 9.73 Å². The Morgan fingerprint density at radius 1 is 1.10 bits per heavy atom. The van der Waals surface area contributed by atoms with E-state index in [9.17, 15) is 4.79 Å². The Kier molecular flexibility index (Phi) is 2.92. The van der Waals surface area contributed by atoms with E-state index in [1.165, 1.54) is 19.3 Å². The lowest BCUT2D eigenvalue weighted by molar-refractivity contribution is -0.117. The molecule has 0 aliphatic heterocycles. The van der Waals surface area contributed by atoms with Gasteiger partial charge in [0.2, 0.25) is 5.91 Å². The van der Waals surface area contributed by atoms with Crippen molar-refractivity contribution in [1.82, 2.24) is 0 Å². The summed E-state index contributed by atoms with van der Waals surface area (Å²) in [5.41, 5.74) is 2.51. The summed E-state index contributed by atoms with van der Waals surface area (Å²) in [6.45, 7) is 0. The van der Waals surface area contributed by atoms with Gasteiger partial charge in [-0.2, -0.15) is 0 Å². The van der Waals surface area contributed by atoms with E-state index in [2.05, 4.69) is 11.4 Å². The van der Waals surface area contributed by atoms with Crippen LogP contribution in [0.1, 0.15) is 25.7 Å². The highest BCUT2D eigenvalue weighted by atomic mass is 16.3. The number of carbonyl (C=O) groups excluding carboxylic acids is 1. The Bertz CT molecular complexity index is 814. The summed E-state index contributed by atoms with van der Waals surface area (Å²) < 4.78 is 5.84. The lowest BCUT2D eigenvalue weighted by atomic mass is 9.83. The molecule has 3 nitrogen and oxygen atoms in total. The number of fused-ring (bicyclic) bond motifs is 3. The van der Waals surface area contributed by atoms with Gasteiger partial charge in [-0.25, -0.2) is 0 Å². The van der Waals surface area contributed by atoms with Crippen LogP contribution in [0.15, 0.2) is 46.9 Å². The van der Waals surface area contributed by atoms with Gasteiger partial charge >= 0.3 is 0 Å². The first kappa shape index (κ1) is 12.5. The fourth-order valence-electron chi connectivity index (χ4n) is 2.97. The van der Waals surface area contributed by atoms with Crippen LogP contribution in [0, 0.1) is 5.92 Å². The predicted octanol–water partition coefficient (Wildman–Crippen LogP) is 4.71. The second-order valence-corrected chi connectivity index (χ2v) is 5.86. The molecular formula is C18H17NO2. The van der Waals surface area contributed by atoms with E-state index in [-0.39, 0.29) is 5.91 Å². The third-order valence-electron chi connectivity index (χ3n) is 4.36. The topological polar surface area (TPSA) is 42.2 Å². The highest BCUT2D eigenvalue weighted by Gasteiger charge is 2.20. The molecule has 2 aromatic carbocycles. The molecule has 1 saturated carbocycles. The molecule has 1 aliphatic rings. The molecular weight excluding hydrogens is 262 g/mol. The molecule has 3 aromatic rings. The molecule has 21 heavy (non-hydrogen) atoms. The molecule has 0 unspecified atom stereocenters. The minimum absolute atomic E-state index is 0.107. The SMILES string of the molecule is O=C(CC1CCC1)Nc1ccc2c(c1)oc1ccccc12. The molecule has 1 N–H and O–H groups in total. The number of benzene rings is 2. The van der Waals surface area contributed by atoms with E-state index in [0.717, 1.165) is 27.6 Å². The molecule has 0 atom stereocenters. The van der Waals surface area contributed by atoms with Gasteiger partial charge in [0.15, 0.2) is 0 Å². The van der Waals surface area contributed by atoms with Crippen molar-refractivity contribution in [2.24, 2.45) is 5.92 Å². The van der Waals surface area contributed by atoms with Crippen LogP contribution in [0.5, 0.6) is 0 Å². The van der Waals surface area contributed by atoms with Crippen molar-refractivity contribution in [3.8, 4) is 0 Å². The van der Waals surface area contributed by atoms with Gasteiger partial charge in [0.25, 0.3) is 0 Å². The molecule has 1 aliphatic carbocycles. The summed E-state index contributed by atoms with van der Waals surface area (Å²) in [4.78, 5) is 12.0. The summed E-state index contributed by atoms with van der Waals surface area (Å²) in [5, 5.41) is 5.18. The third kappa shape index (κ3) is 2.29. The summed E-state index contributed by atoms with van der Waals surface area (Å²) in [6, 6.07) is 13.9. The van der Waals surface area contributed by atoms with Crippen molar-refractivity contribution in [1.29, 1.82) is 0 Å². The number of nitrogens with one attached hydrogen (secondary N) is 1. The van der Waals surface area contributed by atoms with E-state index in [1.807, 2.05) is 36.4 Å². The quantitative estimate of drug-likeness (QED) is 0.754. The van der Waals surface area contributed by atoms with Crippen LogP contribution in [0.4, 0.5) is 5.69 Å². The van der Waals surface area contributed by atoms with Gasteiger partial charge in [0.05, 0.1) is 0 Å². The smallest absolute Gasteiger partial charge is 0.224 e. The molecule has 3 heteroatoms. The van der Waals surface area contributed by atoms with Crippen LogP contribution in [0.3, 0.4) is 0 Å². The van der Waals surface area contributed by atoms with Crippen molar-refractivity contribution < 1.29 is 9.21 Å². The number of hydrogen-bond donors (Lipinski definition) is 1. The number of amides is 1. The average molecular weight is 279 g/mol. The molecule has 4 rings (SSSR count). The average Bonchev–Trinajstić information content (AvgIpc) is 2.80. The van der Waals surface area contributed by atoms with E-state index in [1.54, 1.807) is 0 Å². The standard InChI is InChI=1S/C18H17NO2/c20-18(10-12-4-3-5-12)19-13-8-9-15-14-6-1-2-7-16(14)21-17(15)11-13/h1-2,6-9,11-12H,3-5,10H2,(H,19,20). The molecule has 1 heterocycles. The monoisotopic (exact) mass is 279 g/mol. The van der Waals surface area contributed by atoms with Crippen molar-refractivity contribution in [2.75, 3.05) is 5.32 Å². The minimum Gasteiger partial charge on any atom is -0.456 e. The molecule has 1 amide bonds. The maximum absolute atomic E-state index is 12.0. The number of hydrogen-bond acceptors (Lipinski definition) is 2. The first-order valence-electron chi connectivity index (χ1n) is 7.51. The second kappa shape index (κ2) is 4.92. The Hall–Kier alpha value is -2.29. The van der Waals surface area contributed by atoms with Crippen LogP contribution in [0.2, 0.25) is 0 Å². The fraction of sp³-hybridized carbons (Fsp3) is 0.278. The predicted molar refractivity (Wildman–Crippen MR) is 84.3 cm³/mol. The van der Waals surface area contributed by atoms with Crippen LogP contribution >= 0.6 is 0 Å². The summed E-state index contributed by atoms with van der Waals surface area (Å²) in [7, 11) is 0. The maximum atomic E-state index is 12.0. The van der Waals surface area contributed by atoms with Crippen LogP contribution < -0.4 is 5.32 Å². The highest BCUT2D eigenvalue weighted by Crippen LogP contribution is 2.31. The number of carbonyl (C=O) groups is 1. The zero-order chi connectivity index (χ0) is 14.2. The summed E-state index contributed by atoms with van der Waals surface area (Å²) in [6.07, 6.45) is 4.28. The molecule has 106 valence electrons. The molecule has 1 aromatic heterocycles. The minimum atomic E-state index is 0.107. The zero-order valence-electron chi connectivity index (χ0n) is 11.8.